The Labute approximate surface area is 164 Å². The van der Waals surface area contributed by atoms with Crippen LogP contribution >= 0.6 is 0 Å². The lowest BCUT2D eigenvalue weighted by Gasteiger charge is -2.21. The number of likely N-dealkylation sites (N-methyl/N-ethyl adjacent to an activating group) is 1. The fourth-order valence-electron chi connectivity index (χ4n) is 2.88. The molecule has 0 spiro atoms. The number of benzene rings is 1. The maximum atomic E-state index is 13.1. The molecule has 1 aromatic heterocycles. The van der Waals surface area contributed by atoms with Gasteiger partial charge in [0.05, 0.1) is 21.3 Å². The highest BCUT2D eigenvalue weighted by molar-refractivity contribution is 6.18. The first-order valence-corrected chi connectivity index (χ1v) is 8.99. The van der Waals surface area contributed by atoms with Gasteiger partial charge < -0.3 is 19.1 Å². The number of methoxy groups -OCH3 is 3. The number of rotatable bonds is 8. The zero-order valence-electron chi connectivity index (χ0n) is 16.9. The smallest absolute Gasteiger partial charge is 0.270 e. The van der Waals surface area contributed by atoms with Crippen LogP contribution in [0.4, 0.5) is 0 Å². The Morgan fingerprint density at radius 3 is 2.11 bits per heavy atom. The molecule has 0 bridgehead atoms. The van der Waals surface area contributed by atoms with Crippen LogP contribution in [0.25, 0.3) is 11.8 Å². The minimum Gasteiger partial charge on any atom is -0.493 e. The van der Waals surface area contributed by atoms with Crippen LogP contribution in [0.15, 0.2) is 41.3 Å². The topological polar surface area (TPSA) is 70.0 Å². The third kappa shape index (κ3) is 4.36. The molecule has 1 aromatic carbocycles. The number of aromatic nitrogens is 1. The van der Waals surface area contributed by atoms with Crippen molar-refractivity contribution in [2.24, 2.45) is 0 Å². The third-order valence-corrected chi connectivity index (χ3v) is 4.34. The van der Waals surface area contributed by atoms with Gasteiger partial charge in [-0.2, -0.15) is 0 Å². The Hall–Kier alpha value is -3.22. The van der Waals surface area contributed by atoms with Crippen LogP contribution in [-0.2, 0) is 4.79 Å². The fourth-order valence-corrected chi connectivity index (χ4v) is 2.88. The molecule has 0 saturated heterocycles. The first-order chi connectivity index (χ1) is 13.5. The molecule has 1 heterocycles. The van der Waals surface area contributed by atoms with Crippen molar-refractivity contribution in [3.8, 4) is 17.2 Å². The number of hydrogen-bond donors (Lipinski definition) is 0. The summed E-state index contributed by atoms with van der Waals surface area (Å²) in [7, 11) is 4.57. The zero-order chi connectivity index (χ0) is 20.7. The van der Waals surface area contributed by atoms with Crippen LogP contribution < -0.4 is 19.8 Å². The second-order valence-corrected chi connectivity index (χ2v) is 5.87. The molecular weight excluding hydrogens is 360 g/mol. The van der Waals surface area contributed by atoms with Gasteiger partial charge in [0.1, 0.15) is 5.70 Å². The summed E-state index contributed by atoms with van der Waals surface area (Å²) >= 11 is 0. The first-order valence-electron chi connectivity index (χ1n) is 8.99. The summed E-state index contributed by atoms with van der Waals surface area (Å²) in [4.78, 5) is 27.1. The number of ether oxygens (including phenoxy) is 3. The highest BCUT2D eigenvalue weighted by Gasteiger charge is 2.20. The summed E-state index contributed by atoms with van der Waals surface area (Å²) in [5.74, 6) is 1.13. The number of amides is 1. The van der Waals surface area contributed by atoms with Crippen LogP contribution in [0.2, 0.25) is 0 Å². The molecule has 1 amide bonds. The van der Waals surface area contributed by atoms with E-state index in [2.05, 4.69) is 0 Å². The lowest BCUT2D eigenvalue weighted by atomic mass is 10.1. The number of pyridine rings is 1. The van der Waals surface area contributed by atoms with Crippen molar-refractivity contribution in [1.82, 2.24) is 9.47 Å². The Morgan fingerprint density at radius 2 is 1.64 bits per heavy atom. The SMILES string of the molecule is CCN(CC)C(=O)C(=Cc1cc(OC)c(OC)c(OC)c1)n1ccccc1=O. The highest BCUT2D eigenvalue weighted by Crippen LogP contribution is 2.38. The highest BCUT2D eigenvalue weighted by atomic mass is 16.5. The van der Waals surface area contributed by atoms with E-state index in [9.17, 15) is 9.59 Å². The van der Waals surface area contributed by atoms with Gasteiger partial charge in [-0.15, -0.1) is 0 Å². The fraction of sp³-hybridized carbons (Fsp3) is 0.333. The normalized spacial score (nSPS) is 11.1. The molecule has 2 aromatic rings. The average Bonchev–Trinajstić information content (AvgIpc) is 2.72. The standard InChI is InChI=1S/C21H26N2O5/c1-6-22(7-2)21(25)16(23-11-9-8-10-19(23)24)12-15-13-17(26-3)20(28-5)18(14-15)27-4/h8-14H,6-7H2,1-5H3. The van der Waals surface area contributed by atoms with E-state index < -0.39 is 0 Å². The molecule has 0 atom stereocenters. The molecule has 0 N–H and O–H groups in total. The van der Waals surface area contributed by atoms with Crippen molar-refractivity contribution in [1.29, 1.82) is 0 Å². The lowest BCUT2D eigenvalue weighted by molar-refractivity contribution is -0.125. The summed E-state index contributed by atoms with van der Waals surface area (Å²) in [5, 5.41) is 0. The van der Waals surface area contributed by atoms with Gasteiger partial charge in [0, 0.05) is 25.4 Å². The molecule has 0 saturated carbocycles. The summed E-state index contributed by atoms with van der Waals surface area (Å²) in [5.41, 5.74) is 0.589. The van der Waals surface area contributed by atoms with Crippen molar-refractivity contribution >= 4 is 17.7 Å². The molecule has 0 fully saturated rings. The van der Waals surface area contributed by atoms with Gasteiger partial charge in [-0.05, 0) is 43.7 Å². The molecule has 7 nitrogen and oxygen atoms in total. The van der Waals surface area contributed by atoms with Crippen LogP contribution in [0.5, 0.6) is 17.2 Å². The summed E-state index contributed by atoms with van der Waals surface area (Å²) in [6.07, 6.45) is 3.22. The summed E-state index contributed by atoms with van der Waals surface area (Å²) < 4.78 is 17.4. The number of nitrogens with zero attached hydrogens (tertiary/aromatic N) is 2. The van der Waals surface area contributed by atoms with Crippen LogP contribution in [0, 0.1) is 0 Å². The quantitative estimate of drug-likeness (QED) is 0.653. The van der Waals surface area contributed by atoms with Gasteiger partial charge >= 0.3 is 0 Å². The maximum absolute atomic E-state index is 13.1. The second kappa shape index (κ2) is 9.64. The molecule has 0 radical (unpaired) electrons. The predicted molar refractivity (Wildman–Crippen MR) is 109 cm³/mol. The third-order valence-electron chi connectivity index (χ3n) is 4.34. The Morgan fingerprint density at radius 1 is 1.04 bits per heavy atom. The van der Waals surface area contributed by atoms with Gasteiger partial charge in [-0.25, -0.2) is 0 Å². The van der Waals surface area contributed by atoms with E-state index in [1.54, 1.807) is 41.4 Å². The van der Waals surface area contributed by atoms with E-state index in [1.165, 1.54) is 32.0 Å². The monoisotopic (exact) mass is 386 g/mol. The molecule has 28 heavy (non-hydrogen) atoms. The van der Waals surface area contributed by atoms with Crippen LogP contribution in [0.1, 0.15) is 19.4 Å². The minimum absolute atomic E-state index is 0.239. The van der Waals surface area contributed by atoms with E-state index in [1.807, 2.05) is 13.8 Å². The molecule has 0 aliphatic rings. The van der Waals surface area contributed by atoms with Crippen molar-refractivity contribution in [2.75, 3.05) is 34.4 Å². The van der Waals surface area contributed by atoms with Crippen molar-refractivity contribution in [2.45, 2.75) is 13.8 Å². The Balaban J connectivity index is 2.70. The lowest BCUT2D eigenvalue weighted by Crippen LogP contribution is -2.35. The van der Waals surface area contributed by atoms with Crippen molar-refractivity contribution < 1.29 is 19.0 Å². The summed E-state index contributed by atoms with van der Waals surface area (Å²) in [6, 6.07) is 8.21. The number of carbonyl (C=O) groups is 1. The van der Waals surface area contributed by atoms with E-state index in [4.69, 9.17) is 14.2 Å². The molecule has 0 unspecified atom stereocenters. The van der Waals surface area contributed by atoms with Crippen molar-refractivity contribution in [3.05, 3.63) is 52.4 Å². The van der Waals surface area contributed by atoms with E-state index in [0.29, 0.717) is 35.9 Å². The van der Waals surface area contributed by atoms with E-state index in [0.717, 1.165) is 0 Å². The van der Waals surface area contributed by atoms with Crippen LogP contribution in [-0.4, -0.2) is 49.8 Å². The van der Waals surface area contributed by atoms with Gasteiger partial charge in [0.15, 0.2) is 11.5 Å². The Bertz CT molecular complexity index is 888. The minimum atomic E-state index is -0.290. The number of carbonyl (C=O) groups excluding carboxylic acids is 1. The molecule has 0 aliphatic carbocycles. The largest absolute Gasteiger partial charge is 0.493 e. The zero-order valence-corrected chi connectivity index (χ0v) is 16.9. The molecule has 2 rings (SSSR count). The Kier molecular flexibility index (Phi) is 7.26. The maximum Gasteiger partial charge on any atom is 0.270 e. The van der Waals surface area contributed by atoms with Gasteiger partial charge in [0.25, 0.3) is 11.5 Å². The second-order valence-electron chi connectivity index (χ2n) is 5.87. The molecule has 7 heteroatoms. The van der Waals surface area contributed by atoms with Gasteiger partial charge in [0.2, 0.25) is 5.75 Å². The molecular formula is C21H26N2O5. The number of hydrogen-bond acceptors (Lipinski definition) is 5. The molecule has 150 valence electrons. The van der Waals surface area contributed by atoms with Gasteiger partial charge in [-0.3, -0.25) is 14.2 Å². The average molecular weight is 386 g/mol. The van der Waals surface area contributed by atoms with Crippen LogP contribution in [0.3, 0.4) is 0 Å². The molecule has 0 aliphatic heterocycles. The van der Waals surface area contributed by atoms with E-state index >= 15 is 0 Å². The predicted octanol–water partition coefficient (Wildman–Crippen LogP) is 2.74. The summed E-state index contributed by atoms with van der Waals surface area (Å²) in [6.45, 7) is 4.85. The van der Waals surface area contributed by atoms with Crippen molar-refractivity contribution in [3.63, 3.8) is 0 Å². The van der Waals surface area contributed by atoms with Gasteiger partial charge in [-0.1, -0.05) is 6.07 Å². The first kappa shape index (κ1) is 21.1. The van der Waals surface area contributed by atoms with E-state index in [-0.39, 0.29) is 17.2 Å².